The van der Waals surface area contributed by atoms with Crippen molar-refractivity contribution in [1.29, 1.82) is 0 Å². The maximum Gasteiger partial charge on any atom is 0.127 e. The van der Waals surface area contributed by atoms with Crippen molar-refractivity contribution in [2.75, 3.05) is 6.61 Å². The first kappa shape index (κ1) is 14.0. The van der Waals surface area contributed by atoms with Crippen LogP contribution >= 0.6 is 27.3 Å². The first-order chi connectivity index (χ1) is 9.56. The average molecular weight is 353 g/mol. The number of nitrogens with one attached hydrogen (secondary N) is 1. The molecule has 0 bridgehead atoms. The Labute approximate surface area is 131 Å². The maximum absolute atomic E-state index is 5.77. The van der Waals surface area contributed by atoms with Gasteiger partial charge in [0.1, 0.15) is 10.8 Å². The van der Waals surface area contributed by atoms with E-state index in [1.807, 2.05) is 11.6 Å². The largest absolute Gasteiger partial charge is 0.493 e. The van der Waals surface area contributed by atoms with Crippen LogP contribution < -0.4 is 10.1 Å². The Morgan fingerprint density at radius 3 is 3.05 bits per heavy atom. The van der Waals surface area contributed by atoms with Gasteiger partial charge in [0, 0.05) is 34.6 Å². The van der Waals surface area contributed by atoms with Crippen molar-refractivity contribution >= 4 is 27.3 Å². The van der Waals surface area contributed by atoms with Crippen LogP contribution in [0.2, 0.25) is 0 Å². The van der Waals surface area contributed by atoms with Gasteiger partial charge in [-0.3, -0.25) is 0 Å². The molecular weight excluding hydrogens is 336 g/mol. The summed E-state index contributed by atoms with van der Waals surface area (Å²) in [6, 6.07) is 4.28. The Kier molecular flexibility index (Phi) is 3.84. The summed E-state index contributed by atoms with van der Waals surface area (Å²) in [6.45, 7) is 5.87. The third-order valence-corrected chi connectivity index (χ3v) is 5.07. The lowest BCUT2D eigenvalue weighted by atomic mass is 10.0. The predicted molar refractivity (Wildman–Crippen MR) is 85.3 cm³/mol. The lowest BCUT2D eigenvalue weighted by Crippen LogP contribution is -2.35. The van der Waals surface area contributed by atoms with Gasteiger partial charge < -0.3 is 10.1 Å². The molecule has 0 saturated heterocycles. The number of hydrogen-bond donors (Lipinski definition) is 1. The second-order valence-electron chi connectivity index (χ2n) is 5.47. The van der Waals surface area contributed by atoms with Crippen LogP contribution in [0.15, 0.2) is 28.2 Å². The van der Waals surface area contributed by atoms with E-state index in [1.54, 1.807) is 11.3 Å². The van der Waals surface area contributed by atoms with Gasteiger partial charge in [-0.1, -0.05) is 15.9 Å². The van der Waals surface area contributed by atoms with Gasteiger partial charge in [-0.15, -0.1) is 11.3 Å². The van der Waals surface area contributed by atoms with Gasteiger partial charge in [0.25, 0.3) is 0 Å². The summed E-state index contributed by atoms with van der Waals surface area (Å²) in [5.41, 5.74) is 2.36. The van der Waals surface area contributed by atoms with E-state index < -0.39 is 0 Å². The summed E-state index contributed by atoms with van der Waals surface area (Å²) in [7, 11) is 0. The van der Waals surface area contributed by atoms with Crippen LogP contribution in [-0.2, 0) is 18.5 Å². The monoisotopic (exact) mass is 352 g/mol. The van der Waals surface area contributed by atoms with Gasteiger partial charge >= 0.3 is 0 Å². The molecule has 2 heterocycles. The summed E-state index contributed by atoms with van der Waals surface area (Å²) >= 11 is 5.26. The van der Waals surface area contributed by atoms with Crippen LogP contribution in [-0.4, -0.2) is 11.6 Å². The van der Waals surface area contributed by atoms with Crippen LogP contribution in [0.4, 0.5) is 0 Å². The highest BCUT2D eigenvalue weighted by atomic mass is 79.9. The highest BCUT2D eigenvalue weighted by Crippen LogP contribution is 2.33. The fourth-order valence-electron chi connectivity index (χ4n) is 2.40. The van der Waals surface area contributed by atoms with E-state index in [0.717, 1.165) is 34.8 Å². The second kappa shape index (κ2) is 5.47. The second-order valence-corrected chi connectivity index (χ2v) is 7.28. The van der Waals surface area contributed by atoms with E-state index in [1.165, 1.54) is 11.1 Å². The molecular formula is C15H17BrN2OS. The maximum atomic E-state index is 5.77. The summed E-state index contributed by atoms with van der Waals surface area (Å²) < 4.78 is 6.88. The topological polar surface area (TPSA) is 34.1 Å². The molecule has 0 saturated carbocycles. The van der Waals surface area contributed by atoms with E-state index in [-0.39, 0.29) is 5.54 Å². The van der Waals surface area contributed by atoms with Gasteiger partial charge in [0.05, 0.1) is 12.1 Å². The van der Waals surface area contributed by atoms with E-state index in [9.17, 15) is 0 Å². The molecule has 0 aliphatic carbocycles. The van der Waals surface area contributed by atoms with Crippen LogP contribution in [0.3, 0.4) is 0 Å². The molecule has 1 aromatic heterocycles. The Bertz CT molecular complexity index is 611. The highest BCUT2D eigenvalue weighted by Gasteiger charge is 2.24. The molecule has 5 heteroatoms. The zero-order valence-electron chi connectivity index (χ0n) is 11.6. The molecule has 3 rings (SSSR count). The van der Waals surface area contributed by atoms with Crippen LogP contribution in [0.25, 0.3) is 0 Å². The summed E-state index contributed by atoms with van der Waals surface area (Å²) in [5, 5.41) is 6.70. The molecule has 106 valence electrons. The normalized spacial score (nSPS) is 14.2. The quantitative estimate of drug-likeness (QED) is 0.906. The van der Waals surface area contributed by atoms with Gasteiger partial charge in [-0.05, 0) is 31.5 Å². The number of benzene rings is 1. The molecule has 1 N–H and O–H groups in total. The van der Waals surface area contributed by atoms with Crippen molar-refractivity contribution in [1.82, 2.24) is 10.3 Å². The Morgan fingerprint density at radius 2 is 2.30 bits per heavy atom. The summed E-state index contributed by atoms with van der Waals surface area (Å²) in [6.07, 6.45) is 2.85. The van der Waals surface area contributed by atoms with E-state index in [4.69, 9.17) is 4.74 Å². The number of rotatable bonds is 4. The SMILES string of the molecule is CC(C)(NCc1cc(Br)cc2c1OCC2)c1nccs1. The minimum Gasteiger partial charge on any atom is -0.493 e. The zero-order chi connectivity index (χ0) is 14.2. The number of hydrogen-bond acceptors (Lipinski definition) is 4. The number of thiazole rings is 1. The summed E-state index contributed by atoms with van der Waals surface area (Å²) in [5.74, 6) is 1.05. The Hall–Kier alpha value is -0.910. The van der Waals surface area contributed by atoms with Crippen LogP contribution in [0.1, 0.15) is 30.0 Å². The molecule has 0 unspecified atom stereocenters. The smallest absolute Gasteiger partial charge is 0.127 e. The molecule has 3 nitrogen and oxygen atoms in total. The van der Waals surface area contributed by atoms with Gasteiger partial charge in [0.2, 0.25) is 0 Å². The first-order valence-corrected chi connectivity index (χ1v) is 8.32. The molecule has 20 heavy (non-hydrogen) atoms. The van der Waals surface area contributed by atoms with E-state index in [2.05, 4.69) is 52.2 Å². The van der Waals surface area contributed by atoms with Crippen molar-refractivity contribution in [2.45, 2.75) is 32.4 Å². The van der Waals surface area contributed by atoms with Gasteiger partial charge in [-0.25, -0.2) is 4.98 Å². The lowest BCUT2D eigenvalue weighted by molar-refractivity contribution is 0.346. The third kappa shape index (κ3) is 2.75. The molecule has 0 spiro atoms. The molecule has 1 aliphatic rings. The van der Waals surface area contributed by atoms with Crippen molar-refractivity contribution in [2.24, 2.45) is 0 Å². The van der Waals surface area contributed by atoms with Gasteiger partial charge in [-0.2, -0.15) is 0 Å². The van der Waals surface area contributed by atoms with Crippen molar-refractivity contribution in [3.8, 4) is 5.75 Å². The number of ether oxygens (including phenoxy) is 1. The van der Waals surface area contributed by atoms with Gasteiger partial charge in [0.15, 0.2) is 0 Å². The fourth-order valence-corrected chi connectivity index (χ4v) is 3.69. The van der Waals surface area contributed by atoms with Crippen LogP contribution in [0, 0.1) is 0 Å². The summed E-state index contributed by atoms with van der Waals surface area (Å²) in [4.78, 5) is 4.41. The minimum absolute atomic E-state index is 0.137. The van der Waals surface area contributed by atoms with Crippen molar-refractivity contribution in [3.63, 3.8) is 0 Å². The Balaban J connectivity index is 1.79. The van der Waals surface area contributed by atoms with Crippen molar-refractivity contribution < 1.29 is 4.74 Å². The molecule has 0 atom stereocenters. The number of aromatic nitrogens is 1. The molecule has 1 aromatic carbocycles. The Morgan fingerprint density at radius 1 is 1.45 bits per heavy atom. The number of nitrogens with zero attached hydrogens (tertiary/aromatic N) is 1. The molecule has 1 aliphatic heterocycles. The third-order valence-electron chi connectivity index (χ3n) is 3.51. The van der Waals surface area contributed by atoms with Crippen molar-refractivity contribution in [3.05, 3.63) is 44.3 Å². The van der Waals surface area contributed by atoms with E-state index >= 15 is 0 Å². The lowest BCUT2D eigenvalue weighted by Gasteiger charge is -2.24. The molecule has 2 aromatic rings. The van der Waals surface area contributed by atoms with E-state index in [0.29, 0.717) is 0 Å². The average Bonchev–Trinajstić information content (AvgIpc) is 3.06. The number of fused-ring (bicyclic) bond motifs is 1. The minimum atomic E-state index is -0.137. The highest BCUT2D eigenvalue weighted by molar-refractivity contribution is 9.10. The number of halogens is 1. The molecule has 0 fully saturated rings. The standard InChI is InChI=1S/C15H17BrN2OS/c1-15(2,14-17-4-6-20-14)18-9-11-8-12(16)7-10-3-5-19-13(10)11/h4,6-8,18H,3,5,9H2,1-2H3. The first-order valence-electron chi connectivity index (χ1n) is 6.65. The predicted octanol–water partition coefficient (Wildman–Crippen LogP) is 3.87. The molecule has 0 radical (unpaired) electrons. The molecule has 0 amide bonds. The zero-order valence-corrected chi connectivity index (χ0v) is 14.0. The van der Waals surface area contributed by atoms with Crippen LogP contribution in [0.5, 0.6) is 5.75 Å². The fraction of sp³-hybridized carbons (Fsp3) is 0.400.